The number of halogens is 1. The van der Waals surface area contributed by atoms with Crippen molar-refractivity contribution < 1.29 is 13.9 Å². The largest absolute Gasteiger partial charge is 0.481 e. The van der Waals surface area contributed by atoms with Gasteiger partial charge in [0.2, 0.25) is 5.89 Å². The summed E-state index contributed by atoms with van der Waals surface area (Å²) < 4.78 is 10.7. The summed E-state index contributed by atoms with van der Waals surface area (Å²) in [6.07, 6.45) is 1.35. The van der Waals surface area contributed by atoms with E-state index in [1.807, 2.05) is 6.92 Å². The average molecular weight is 267 g/mol. The third-order valence-electron chi connectivity index (χ3n) is 2.28. The molecule has 0 amide bonds. The molecule has 0 atom stereocenters. The minimum atomic E-state index is 0.0809. The van der Waals surface area contributed by atoms with Crippen LogP contribution in [0.1, 0.15) is 29.1 Å². The number of carbonyl (C=O) groups is 1. The second-order valence-electron chi connectivity index (χ2n) is 3.51. The van der Waals surface area contributed by atoms with Gasteiger partial charge < -0.3 is 9.15 Å². The van der Waals surface area contributed by atoms with E-state index in [0.717, 1.165) is 0 Å². The van der Waals surface area contributed by atoms with E-state index < -0.39 is 0 Å². The molecule has 1 aromatic heterocycles. The van der Waals surface area contributed by atoms with Crippen molar-refractivity contribution in [3.05, 3.63) is 40.6 Å². The van der Waals surface area contributed by atoms with Crippen LogP contribution in [0.5, 0.6) is 5.75 Å². The van der Waals surface area contributed by atoms with E-state index in [4.69, 9.17) is 20.8 Å². The van der Waals surface area contributed by atoms with Gasteiger partial charge in [-0.05, 0) is 12.1 Å². The van der Waals surface area contributed by atoms with Gasteiger partial charge in [-0.25, -0.2) is 0 Å². The standard InChI is InChI=1S/C12H11ClN2O3/c1-2-10-14-15-11(18-10)7-17-12-8(6-16)4-3-5-9(12)13/h3-6H,2,7H2,1H3. The second kappa shape index (κ2) is 5.64. The zero-order chi connectivity index (χ0) is 13.0. The van der Waals surface area contributed by atoms with Crippen LogP contribution in [0.25, 0.3) is 0 Å². The molecule has 0 fully saturated rings. The fraction of sp³-hybridized carbons (Fsp3) is 0.250. The summed E-state index contributed by atoms with van der Waals surface area (Å²) in [5.74, 6) is 1.22. The van der Waals surface area contributed by atoms with Gasteiger partial charge in [0.05, 0.1) is 10.6 Å². The molecule has 2 rings (SSSR count). The van der Waals surface area contributed by atoms with Gasteiger partial charge in [0, 0.05) is 6.42 Å². The first-order valence-corrected chi connectivity index (χ1v) is 5.80. The normalized spacial score (nSPS) is 10.3. The topological polar surface area (TPSA) is 65.2 Å². The SMILES string of the molecule is CCc1nnc(COc2c(Cl)cccc2C=O)o1. The number of para-hydroxylation sites is 1. The van der Waals surface area contributed by atoms with Gasteiger partial charge in [0.1, 0.15) is 5.75 Å². The number of aryl methyl sites for hydroxylation is 1. The molecular formula is C12H11ClN2O3. The van der Waals surface area contributed by atoms with Gasteiger partial charge in [-0.15, -0.1) is 10.2 Å². The number of rotatable bonds is 5. The Morgan fingerprint density at radius 3 is 2.83 bits per heavy atom. The summed E-state index contributed by atoms with van der Waals surface area (Å²) in [6.45, 7) is 1.99. The summed E-state index contributed by atoms with van der Waals surface area (Å²) in [5.41, 5.74) is 0.387. The lowest BCUT2D eigenvalue weighted by Gasteiger charge is -2.07. The summed E-state index contributed by atoms with van der Waals surface area (Å²) in [5, 5.41) is 8.00. The summed E-state index contributed by atoms with van der Waals surface area (Å²) in [7, 11) is 0. The average Bonchev–Trinajstić information content (AvgIpc) is 2.85. The van der Waals surface area contributed by atoms with Crippen molar-refractivity contribution in [3.8, 4) is 5.75 Å². The Bertz CT molecular complexity index is 554. The molecule has 0 unspecified atom stereocenters. The van der Waals surface area contributed by atoms with Gasteiger partial charge in [-0.2, -0.15) is 0 Å². The molecule has 94 valence electrons. The lowest BCUT2D eigenvalue weighted by atomic mass is 10.2. The predicted molar refractivity (Wildman–Crippen MR) is 64.8 cm³/mol. The monoisotopic (exact) mass is 266 g/mol. The van der Waals surface area contributed by atoms with Crippen molar-refractivity contribution in [3.63, 3.8) is 0 Å². The first-order valence-electron chi connectivity index (χ1n) is 5.42. The number of aromatic nitrogens is 2. The van der Waals surface area contributed by atoms with E-state index in [2.05, 4.69) is 10.2 Å². The summed E-state index contributed by atoms with van der Waals surface area (Å²) >= 11 is 5.96. The van der Waals surface area contributed by atoms with Crippen LogP contribution >= 0.6 is 11.6 Å². The molecule has 5 nitrogen and oxygen atoms in total. The molecule has 1 aromatic carbocycles. The molecule has 0 aliphatic rings. The quantitative estimate of drug-likeness (QED) is 0.779. The first-order chi connectivity index (χ1) is 8.74. The molecule has 0 spiro atoms. The van der Waals surface area contributed by atoms with Crippen molar-refractivity contribution >= 4 is 17.9 Å². The first kappa shape index (κ1) is 12.6. The molecule has 0 bridgehead atoms. The van der Waals surface area contributed by atoms with Crippen LogP contribution in [-0.2, 0) is 13.0 Å². The predicted octanol–water partition coefficient (Wildman–Crippen LogP) is 2.68. The number of carbonyl (C=O) groups excluding carboxylic acids is 1. The van der Waals surface area contributed by atoms with Gasteiger partial charge >= 0.3 is 0 Å². The van der Waals surface area contributed by atoms with Crippen LogP contribution in [0.2, 0.25) is 5.02 Å². The van der Waals surface area contributed by atoms with Crippen molar-refractivity contribution in [2.45, 2.75) is 20.0 Å². The molecule has 0 saturated heterocycles. The van der Waals surface area contributed by atoms with E-state index in [1.54, 1.807) is 18.2 Å². The smallest absolute Gasteiger partial charge is 0.253 e. The summed E-state index contributed by atoms with van der Waals surface area (Å²) in [6, 6.07) is 4.95. The Hall–Kier alpha value is -1.88. The van der Waals surface area contributed by atoms with Crippen LogP contribution in [0, 0.1) is 0 Å². The van der Waals surface area contributed by atoms with E-state index in [1.165, 1.54) is 0 Å². The molecule has 18 heavy (non-hydrogen) atoms. The number of nitrogens with zero attached hydrogens (tertiary/aromatic N) is 2. The van der Waals surface area contributed by atoms with E-state index in [-0.39, 0.29) is 6.61 Å². The zero-order valence-electron chi connectivity index (χ0n) is 9.72. The maximum atomic E-state index is 10.9. The van der Waals surface area contributed by atoms with Crippen LogP contribution in [0.4, 0.5) is 0 Å². The highest BCUT2D eigenvalue weighted by atomic mass is 35.5. The van der Waals surface area contributed by atoms with Crippen molar-refractivity contribution in [2.24, 2.45) is 0 Å². The van der Waals surface area contributed by atoms with Gasteiger partial charge in [-0.3, -0.25) is 4.79 Å². The zero-order valence-corrected chi connectivity index (χ0v) is 10.5. The lowest BCUT2D eigenvalue weighted by Crippen LogP contribution is -1.99. The van der Waals surface area contributed by atoms with Crippen LogP contribution in [0.15, 0.2) is 22.6 Å². The number of hydrogen-bond acceptors (Lipinski definition) is 5. The van der Waals surface area contributed by atoms with Crippen molar-refractivity contribution in [1.29, 1.82) is 0 Å². The number of ether oxygens (including phenoxy) is 1. The molecule has 1 heterocycles. The molecule has 0 N–H and O–H groups in total. The molecule has 2 aromatic rings. The Balaban J connectivity index is 2.12. The third kappa shape index (κ3) is 2.68. The second-order valence-corrected chi connectivity index (χ2v) is 3.92. The highest BCUT2D eigenvalue weighted by molar-refractivity contribution is 6.32. The lowest BCUT2D eigenvalue weighted by molar-refractivity contribution is 0.111. The fourth-order valence-corrected chi connectivity index (χ4v) is 1.63. The fourth-order valence-electron chi connectivity index (χ4n) is 1.39. The van der Waals surface area contributed by atoms with Gasteiger partial charge in [0.25, 0.3) is 5.89 Å². The molecule has 0 aliphatic heterocycles. The highest BCUT2D eigenvalue weighted by Crippen LogP contribution is 2.28. The van der Waals surface area contributed by atoms with Crippen molar-refractivity contribution in [1.82, 2.24) is 10.2 Å². The maximum Gasteiger partial charge on any atom is 0.253 e. The van der Waals surface area contributed by atoms with Gasteiger partial charge in [0.15, 0.2) is 12.9 Å². The van der Waals surface area contributed by atoms with Crippen LogP contribution < -0.4 is 4.74 Å². The summed E-state index contributed by atoms with van der Waals surface area (Å²) in [4.78, 5) is 10.9. The van der Waals surface area contributed by atoms with E-state index in [0.29, 0.717) is 40.8 Å². The molecule has 0 radical (unpaired) electrons. The number of aldehydes is 1. The Morgan fingerprint density at radius 2 is 2.17 bits per heavy atom. The highest BCUT2D eigenvalue weighted by Gasteiger charge is 2.10. The molecule has 0 aliphatic carbocycles. The maximum absolute atomic E-state index is 10.9. The molecular weight excluding hydrogens is 256 g/mol. The van der Waals surface area contributed by atoms with Gasteiger partial charge in [-0.1, -0.05) is 24.6 Å². The number of benzene rings is 1. The molecule has 6 heteroatoms. The number of hydrogen-bond donors (Lipinski definition) is 0. The minimum absolute atomic E-state index is 0.0809. The Labute approximate surface area is 109 Å². The Morgan fingerprint density at radius 1 is 1.39 bits per heavy atom. The van der Waals surface area contributed by atoms with E-state index in [9.17, 15) is 4.79 Å². The Kier molecular flexibility index (Phi) is 3.94. The van der Waals surface area contributed by atoms with Crippen LogP contribution in [-0.4, -0.2) is 16.5 Å². The van der Waals surface area contributed by atoms with Crippen molar-refractivity contribution in [2.75, 3.05) is 0 Å². The minimum Gasteiger partial charge on any atom is -0.481 e. The molecule has 0 saturated carbocycles. The third-order valence-corrected chi connectivity index (χ3v) is 2.57. The van der Waals surface area contributed by atoms with E-state index >= 15 is 0 Å². The van der Waals surface area contributed by atoms with Crippen LogP contribution in [0.3, 0.4) is 0 Å².